The summed E-state index contributed by atoms with van der Waals surface area (Å²) in [4.78, 5) is 23.8. The van der Waals surface area contributed by atoms with Crippen LogP contribution in [0.25, 0.3) is 0 Å². The van der Waals surface area contributed by atoms with Gasteiger partial charge in [-0.1, -0.05) is 30.3 Å². The Kier molecular flexibility index (Phi) is 6.27. The van der Waals surface area contributed by atoms with Gasteiger partial charge in [-0.2, -0.15) is 8.78 Å². The van der Waals surface area contributed by atoms with E-state index in [1.54, 1.807) is 44.2 Å². The fourth-order valence-corrected chi connectivity index (χ4v) is 2.69. The van der Waals surface area contributed by atoms with Crippen LogP contribution in [0.15, 0.2) is 42.5 Å². The van der Waals surface area contributed by atoms with Crippen LogP contribution in [-0.2, 0) is 4.79 Å². The van der Waals surface area contributed by atoms with Gasteiger partial charge in [0.15, 0.2) is 0 Å². The summed E-state index contributed by atoms with van der Waals surface area (Å²) >= 11 is 0. The zero-order valence-corrected chi connectivity index (χ0v) is 14.3. The Balaban J connectivity index is 2.13. The third kappa shape index (κ3) is 4.78. The Morgan fingerprint density at radius 1 is 1.12 bits per heavy atom. The largest absolute Gasteiger partial charge is 0.481 e. The number of carboxylic acid groups (broad SMARTS) is 1. The van der Waals surface area contributed by atoms with Gasteiger partial charge in [-0.3, -0.25) is 9.59 Å². The molecule has 0 spiro atoms. The number of hydrogen-bond donors (Lipinski definition) is 2. The van der Waals surface area contributed by atoms with Gasteiger partial charge in [0, 0.05) is 12.1 Å². The van der Waals surface area contributed by atoms with E-state index in [4.69, 9.17) is 0 Å². The van der Waals surface area contributed by atoms with Crippen LogP contribution in [0.1, 0.15) is 33.0 Å². The van der Waals surface area contributed by atoms with Crippen LogP contribution in [-0.4, -0.2) is 30.1 Å². The molecule has 0 radical (unpaired) electrons. The van der Waals surface area contributed by atoms with Crippen molar-refractivity contribution in [3.05, 3.63) is 64.7 Å². The summed E-state index contributed by atoms with van der Waals surface area (Å²) in [7, 11) is 0. The molecular weight excluding hydrogens is 344 g/mol. The number of aliphatic carboxylic acids is 1. The van der Waals surface area contributed by atoms with Crippen molar-refractivity contribution in [1.29, 1.82) is 0 Å². The number of rotatable bonds is 7. The van der Waals surface area contributed by atoms with Gasteiger partial charge in [-0.25, -0.2) is 0 Å². The van der Waals surface area contributed by atoms with Gasteiger partial charge in [0.25, 0.3) is 5.91 Å². The Morgan fingerprint density at radius 2 is 1.69 bits per heavy atom. The Bertz CT molecular complexity index is 770. The fraction of sp³-hybridized carbons (Fsp3) is 0.263. The maximum absolute atomic E-state index is 12.4. The summed E-state index contributed by atoms with van der Waals surface area (Å²) in [6, 6.07) is 11.4. The third-order valence-corrected chi connectivity index (χ3v) is 3.90. The molecule has 5 nitrogen and oxygen atoms in total. The zero-order valence-electron chi connectivity index (χ0n) is 14.3. The molecule has 0 aliphatic rings. The Morgan fingerprint density at radius 3 is 2.19 bits per heavy atom. The number of benzene rings is 2. The smallest absolute Gasteiger partial charge is 0.387 e. The standard InChI is InChI=1S/C19H19F2NO4/c1-11-8-14(9-12(2)16(11)26-19(20)21)17(23)22-10-15(18(24)25)13-6-4-3-5-7-13/h3-9,15,19H,10H2,1-2H3,(H,22,23)(H,24,25). The number of hydrogen-bond acceptors (Lipinski definition) is 3. The molecule has 1 atom stereocenters. The number of carbonyl (C=O) groups is 2. The van der Waals surface area contributed by atoms with E-state index < -0.39 is 24.4 Å². The quantitative estimate of drug-likeness (QED) is 0.789. The van der Waals surface area contributed by atoms with E-state index in [0.717, 1.165) is 0 Å². The molecule has 0 aliphatic heterocycles. The normalized spacial score (nSPS) is 11.9. The number of carbonyl (C=O) groups excluding carboxylic acids is 1. The van der Waals surface area contributed by atoms with Crippen LogP contribution in [0.3, 0.4) is 0 Å². The number of alkyl halides is 2. The number of aryl methyl sites for hydroxylation is 2. The van der Waals surface area contributed by atoms with Crippen molar-refractivity contribution in [2.24, 2.45) is 0 Å². The molecule has 0 saturated heterocycles. The van der Waals surface area contributed by atoms with Crippen molar-refractivity contribution in [1.82, 2.24) is 5.32 Å². The number of nitrogens with one attached hydrogen (secondary N) is 1. The van der Waals surface area contributed by atoms with Crippen molar-refractivity contribution >= 4 is 11.9 Å². The summed E-state index contributed by atoms with van der Waals surface area (Å²) in [6.07, 6.45) is 0. The molecule has 2 aromatic carbocycles. The molecule has 2 rings (SSSR count). The minimum absolute atomic E-state index is 0.0317. The first-order valence-electron chi connectivity index (χ1n) is 7.91. The minimum Gasteiger partial charge on any atom is -0.481 e. The van der Waals surface area contributed by atoms with E-state index in [9.17, 15) is 23.5 Å². The van der Waals surface area contributed by atoms with Gasteiger partial charge in [-0.05, 0) is 42.7 Å². The lowest BCUT2D eigenvalue weighted by Crippen LogP contribution is -2.31. The molecule has 138 valence electrons. The highest BCUT2D eigenvalue weighted by Crippen LogP contribution is 2.26. The van der Waals surface area contributed by atoms with Crippen LogP contribution in [0, 0.1) is 13.8 Å². The first kappa shape index (κ1) is 19.4. The predicted octanol–water partition coefficient (Wildman–Crippen LogP) is 3.50. The maximum Gasteiger partial charge on any atom is 0.387 e. The monoisotopic (exact) mass is 363 g/mol. The Hall–Kier alpha value is -2.96. The SMILES string of the molecule is Cc1cc(C(=O)NCC(C(=O)O)c2ccccc2)cc(C)c1OC(F)F. The average molecular weight is 363 g/mol. The van der Waals surface area contributed by atoms with Crippen LogP contribution >= 0.6 is 0 Å². The van der Waals surface area contributed by atoms with Crippen molar-refractivity contribution in [3.8, 4) is 5.75 Å². The van der Waals surface area contributed by atoms with Gasteiger partial charge in [0.05, 0.1) is 5.92 Å². The molecule has 26 heavy (non-hydrogen) atoms. The maximum atomic E-state index is 12.4. The van der Waals surface area contributed by atoms with E-state index in [2.05, 4.69) is 10.1 Å². The van der Waals surface area contributed by atoms with Crippen LogP contribution < -0.4 is 10.1 Å². The molecule has 0 heterocycles. The minimum atomic E-state index is -2.95. The van der Waals surface area contributed by atoms with E-state index in [1.165, 1.54) is 12.1 Å². The second kappa shape index (κ2) is 8.42. The second-order valence-electron chi connectivity index (χ2n) is 5.83. The lowest BCUT2D eigenvalue weighted by Gasteiger charge is -2.16. The third-order valence-electron chi connectivity index (χ3n) is 3.90. The summed E-state index contributed by atoms with van der Waals surface area (Å²) in [5, 5.41) is 12.0. The predicted molar refractivity (Wildman–Crippen MR) is 91.7 cm³/mol. The topological polar surface area (TPSA) is 75.6 Å². The fourth-order valence-electron chi connectivity index (χ4n) is 2.69. The molecule has 0 aromatic heterocycles. The number of carboxylic acids is 1. The second-order valence-corrected chi connectivity index (χ2v) is 5.83. The van der Waals surface area contributed by atoms with E-state index in [0.29, 0.717) is 16.7 Å². The van der Waals surface area contributed by atoms with Crippen LogP contribution in [0.2, 0.25) is 0 Å². The van der Waals surface area contributed by atoms with Crippen LogP contribution in [0.4, 0.5) is 8.78 Å². The molecule has 0 bridgehead atoms. The summed E-state index contributed by atoms with van der Waals surface area (Å²) < 4.78 is 29.3. The highest BCUT2D eigenvalue weighted by atomic mass is 19.3. The summed E-state index contributed by atoms with van der Waals surface area (Å²) in [5.74, 6) is -2.39. The molecule has 0 saturated carbocycles. The van der Waals surface area contributed by atoms with E-state index >= 15 is 0 Å². The van der Waals surface area contributed by atoms with Gasteiger partial charge in [-0.15, -0.1) is 0 Å². The summed E-state index contributed by atoms with van der Waals surface area (Å²) in [5.41, 5.74) is 1.62. The molecule has 1 unspecified atom stereocenters. The van der Waals surface area contributed by atoms with Gasteiger partial charge >= 0.3 is 12.6 Å². The first-order valence-corrected chi connectivity index (χ1v) is 7.91. The number of halogens is 2. The van der Waals surface area contributed by atoms with Crippen molar-refractivity contribution in [2.75, 3.05) is 6.54 Å². The van der Waals surface area contributed by atoms with Gasteiger partial charge < -0.3 is 15.2 Å². The molecule has 0 fully saturated rings. The molecule has 7 heteroatoms. The van der Waals surface area contributed by atoms with Crippen LogP contribution in [0.5, 0.6) is 5.75 Å². The summed E-state index contributed by atoms with van der Waals surface area (Å²) in [6.45, 7) is 0.0806. The van der Waals surface area contributed by atoms with Crippen molar-refractivity contribution in [3.63, 3.8) is 0 Å². The number of ether oxygens (including phenoxy) is 1. The highest BCUT2D eigenvalue weighted by Gasteiger charge is 2.21. The molecular formula is C19H19F2NO4. The van der Waals surface area contributed by atoms with Crippen molar-refractivity contribution in [2.45, 2.75) is 26.4 Å². The van der Waals surface area contributed by atoms with E-state index in [-0.39, 0.29) is 17.9 Å². The lowest BCUT2D eigenvalue weighted by molar-refractivity contribution is -0.138. The van der Waals surface area contributed by atoms with Crippen molar-refractivity contribution < 1.29 is 28.2 Å². The molecule has 1 amide bonds. The molecule has 2 N–H and O–H groups in total. The molecule has 2 aromatic rings. The first-order chi connectivity index (χ1) is 12.3. The number of amides is 1. The zero-order chi connectivity index (χ0) is 19.3. The Labute approximate surface area is 149 Å². The lowest BCUT2D eigenvalue weighted by atomic mass is 9.99. The average Bonchev–Trinajstić information content (AvgIpc) is 2.58. The highest BCUT2D eigenvalue weighted by molar-refractivity contribution is 5.95. The van der Waals surface area contributed by atoms with Gasteiger partial charge in [0.1, 0.15) is 5.75 Å². The molecule has 0 aliphatic carbocycles. The van der Waals surface area contributed by atoms with Gasteiger partial charge in [0.2, 0.25) is 0 Å². The van der Waals surface area contributed by atoms with E-state index in [1.807, 2.05) is 0 Å².